The molecule has 6 rings (SSSR count). The Balaban J connectivity index is 1.42. The highest BCUT2D eigenvalue weighted by atomic mass is 32.2. The summed E-state index contributed by atoms with van der Waals surface area (Å²) in [5.74, 6) is -0.0682. The molecule has 5 aromatic rings. The van der Waals surface area contributed by atoms with Crippen LogP contribution in [0.1, 0.15) is 16.7 Å². The van der Waals surface area contributed by atoms with Gasteiger partial charge in [-0.1, -0.05) is 84.4 Å². The lowest BCUT2D eigenvalue weighted by Gasteiger charge is -2.15. The topological polar surface area (TPSA) is 37.6 Å². The van der Waals surface area contributed by atoms with Crippen molar-refractivity contribution < 1.29 is 4.79 Å². The molecule has 2 heterocycles. The van der Waals surface area contributed by atoms with Crippen LogP contribution in [-0.2, 0) is 11.3 Å². The number of aliphatic imine (C=N–C) groups is 1. The second-order valence-corrected chi connectivity index (χ2v) is 10.0. The summed E-state index contributed by atoms with van der Waals surface area (Å²) in [7, 11) is 0. The van der Waals surface area contributed by atoms with Gasteiger partial charge in [-0.25, -0.2) is 4.99 Å². The molecule has 1 aromatic heterocycles. The van der Waals surface area contributed by atoms with Crippen molar-refractivity contribution in [2.24, 2.45) is 4.99 Å². The maximum atomic E-state index is 13.7. The lowest BCUT2D eigenvalue weighted by Crippen LogP contribution is -2.28. The number of aryl methyl sites for hydroxylation is 1. The lowest BCUT2D eigenvalue weighted by molar-refractivity contribution is -0.113. The van der Waals surface area contributed by atoms with Crippen molar-refractivity contribution in [3.8, 4) is 0 Å². The summed E-state index contributed by atoms with van der Waals surface area (Å²) in [6, 6.07) is 36.4. The van der Waals surface area contributed by atoms with Crippen molar-refractivity contribution in [3.63, 3.8) is 0 Å². The second kappa shape index (κ2) is 9.96. The molecule has 1 aliphatic rings. The molecular formula is C32H25N3OS. The average Bonchev–Trinajstić information content (AvgIpc) is 3.42. The Morgan fingerprint density at radius 1 is 0.838 bits per heavy atom. The van der Waals surface area contributed by atoms with Crippen LogP contribution in [0, 0.1) is 6.92 Å². The minimum Gasteiger partial charge on any atom is -0.342 e. The number of nitrogens with zero attached hydrogens (tertiary/aromatic N) is 3. The van der Waals surface area contributed by atoms with Crippen LogP contribution in [0.15, 0.2) is 125 Å². The van der Waals surface area contributed by atoms with Gasteiger partial charge in [0, 0.05) is 29.2 Å². The number of anilines is 1. The summed E-state index contributed by atoms with van der Waals surface area (Å²) in [5, 5.41) is 1.77. The fraction of sp³-hybridized carbons (Fsp3) is 0.0625. The standard InChI is InChI=1S/C32H25N3OS/c1-23-11-10-12-24(19-23)21-34-22-25(28-17-8-9-18-29(28)34)20-30-31(36)35(27-15-6-3-7-16-27)32(37-30)33-26-13-4-2-5-14-26/h2-20,22H,21H2,1H3/b30-20-,33-32?. The van der Waals surface area contributed by atoms with E-state index in [0.717, 1.165) is 34.4 Å². The van der Waals surface area contributed by atoms with Crippen molar-refractivity contribution >= 4 is 51.2 Å². The smallest absolute Gasteiger partial charge is 0.271 e. The van der Waals surface area contributed by atoms with Crippen LogP contribution in [0.3, 0.4) is 0 Å². The number of benzene rings is 4. The van der Waals surface area contributed by atoms with E-state index in [2.05, 4.69) is 60.2 Å². The number of aromatic nitrogens is 1. The Hall–Kier alpha value is -4.35. The zero-order valence-corrected chi connectivity index (χ0v) is 21.2. The van der Waals surface area contributed by atoms with E-state index in [1.54, 1.807) is 4.90 Å². The highest BCUT2D eigenvalue weighted by Crippen LogP contribution is 2.38. The molecule has 4 nitrogen and oxygen atoms in total. The van der Waals surface area contributed by atoms with E-state index in [-0.39, 0.29) is 5.91 Å². The maximum absolute atomic E-state index is 13.7. The molecule has 1 fully saturated rings. The zero-order valence-electron chi connectivity index (χ0n) is 20.4. The molecule has 0 N–H and O–H groups in total. The van der Waals surface area contributed by atoms with E-state index in [0.29, 0.717) is 10.1 Å². The summed E-state index contributed by atoms with van der Waals surface area (Å²) >= 11 is 1.41. The van der Waals surface area contributed by atoms with Crippen LogP contribution in [-0.4, -0.2) is 15.6 Å². The first-order chi connectivity index (χ1) is 18.2. The van der Waals surface area contributed by atoms with E-state index < -0.39 is 0 Å². The summed E-state index contributed by atoms with van der Waals surface area (Å²) in [5.41, 5.74) is 6.28. The van der Waals surface area contributed by atoms with E-state index >= 15 is 0 Å². The fourth-order valence-electron chi connectivity index (χ4n) is 4.64. The molecule has 5 heteroatoms. The normalized spacial score (nSPS) is 15.8. The number of amidine groups is 1. The summed E-state index contributed by atoms with van der Waals surface area (Å²) in [6.45, 7) is 2.88. The SMILES string of the molecule is Cc1cccc(Cn2cc(/C=C3\SC(=Nc4ccccc4)N(c4ccccc4)C3=O)c3ccccc32)c1. The molecule has 0 aliphatic carbocycles. The molecule has 1 aliphatic heterocycles. The Kier molecular flexibility index (Phi) is 6.21. The number of para-hydroxylation sites is 3. The first kappa shape index (κ1) is 23.1. The first-order valence-electron chi connectivity index (χ1n) is 12.2. The summed E-state index contributed by atoms with van der Waals surface area (Å²) in [6.07, 6.45) is 4.15. The largest absolute Gasteiger partial charge is 0.342 e. The molecule has 0 atom stereocenters. The van der Waals surface area contributed by atoms with E-state index in [1.165, 1.54) is 22.9 Å². The molecule has 0 saturated carbocycles. The summed E-state index contributed by atoms with van der Waals surface area (Å²) in [4.78, 5) is 20.9. The zero-order chi connectivity index (χ0) is 25.2. The number of carbonyl (C=O) groups excluding carboxylic acids is 1. The van der Waals surface area contributed by atoms with Crippen LogP contribution in [0.5, 0.6) is 0 Å². The minimum atomic E-state index is -0.0682. The van der Waals surface area contributed by atoms with Crippen LogP contribution < -0.4 is 4.90 Å². The van der Waals surface area contributed by atoms with Gasteiger partial charge < -0.3 is 4.57 Å². The van der Waals surface area contributed by atoms with Gasteiger partial charge in [0.2, 0.25) is 0 Å². The highest BCUT2D eigenvalue weighted by molar-refractivity contribution is 8.19. The monoisotopic (exact) mass is 499 g/mol. The van der Waals surface area contributed by atoms with Crippen LogP contribution in [0.4, 0.5) is 11.4 Å². The molecule has 0 bridgehead atoms. The Bertz CT molecular complexity index is 1650. The number of amides is 1. The molecule has 1 amide bonds. The Labute approximate surface area is 220 Å². The van der Waals surface area contributed by atoms with Crippen molar-refractivity contribution in [1.29, 1.82) is 0 Å². The maximum Gasteiger partial charge on any atom is 0.271 e. The van der Waals surface area contributed by atoms with Crippen LogP contribution in [0.2, 0.25) is 0 Å². The molecular weight excluding hydrogens is 474 g/mol. The lowest BCUT2D eigenvalue weighted by atomic mass is 10.1. The Morgan fingerprint density at radius 2 is 1.57 bits per heavy atom. The highest BCUT2D eigenvalue weighted by Gasteiger charge is 2.35. The van der Waals surface area contributed by atoms with Gasteiger partial charge in [0.05, 0.1) is 16.3 Å². The predicted molar refractivity (Wildman–Crippen MR) is 155 cm³/mol. The van der Waals surface area contributed by atoms with Gasteiger partial charge in [-0.05, 0) is 60.7 Å². The fourth-order valence-corrected chi connectivity index (χ4v) is 5.63. The number of hydrogen-bond donors (Lipinski definition) is 0. The van der Waals surface area contributed by atoms with E-state index in [1.807, 2.05) is 72.8 Å². The molecule has 4 aromatic carbocycles. The van der Waals surface area contributed by atoms with Gasteiger partial charge in [-0.15, -0.1) is 0 Å². The quantitative estimate of drug-likeness (QED) is 0.231. The van der Waals surface area contributed by atoms with Gasteiger partial charge in [-0.2, -0.15) is 0 Å². The molecule has 0 unspecified atom stereocenters. The second-order valence-electron chi connectivity index (χ2n) is 9.04. The van der Waals surface area contributed by atoms with Crippen molar-refractivity contribution in [2.75, 3.05) is 4.90 Å². The average molecular weight is 500 g/mol. The molecule has 0 radical (unpaired) electrons. The minimum absolute atomic E-state index is 0.0682. The van der Waals surface area contributed by atoms with Crippen LogP contribution >= 0.6 is 11.8 Å². The molecule has 0 spiro atoms. The third-order valence-corrected chi connectivity index (χ3v) is 7.31. The first-order valence-corrected chi connectivity index (χ1v) is 13.0. The number of fused-ring (bicyclic) bond motifs is 1. The number of carbonyl (C=O) groups is 1. The van der Waals surface area contributed by atoms with Crippen molar-refractivity contribution in [1.82, 2.24) is 4.57 Å². The number of hydrogen-bond acceptors (Lipinski definition) is 3. The third kappa shape index (κ3) is 4.74. The summed E-state index contributed by atoms with van der Waals surface area (Å²) < 4.78 is 2.26. The molecule has 180 valence electrons. The van der Waals surface area contributed by atoms with E-state index in [4.69, 9.17) is 4.99 Å². The Morgan fingerprint density at radius 3 is 2.35 bits per heavy atom. The van der Waals surface area contributed by atoms with Crippen molar-refractivity contribution in [3.05, 3.63) is 137 Å². The predicted octanol–water partition coefficient (Wildman–Crippen LogP) is 7.81. The third-order valence-electron chi connectivity index (χ3n) is 6.34. The van der Waals surface area contributed by atoms with Gasteiger partial charge >= 0.3 is 0 Å². The van der Waals surface area contributed by atoms with Crippen molar-refractivity contribution in [2.45, 2.75) is 13.5 Å². The van der Waals surface area contributed by atoms with Gasteiger partial charge in [0.1, 0.15) is 0 Å². The van der Waals surface area contributed by atoms with Gasteiger partial charge in [-0.3, -0.25) is 9.69 Å². The molecule has 37 heavy (non-hydrogen) atoms. The van der Waals surface area contributed by atoms with Crippen LogP contribution in [0.25, 0.3) is 17.0 Å². The van der Waals surface area contributed by atoms with Gasteiger partial charge in [0.25, 0.3) is 5.91 Å². The number of rotatable bonds is 5. The van der Waals surface area contributed by atoms with E-state index in [9.17, 15) is 4.79 Å². The van der Waals surface area contributed by atoms with Gasteiger partial charge in [0.15, 0.2) is 5.17 Å². The molecule has 1 saturated heterocycles. The number of thioether (sulfide) groups is 1.